The number of benzene rings is 1. The number of hydrogen-bond donors (Lipinski definition) is 1. The summed E-state index contributed by atoms with van der Waals surface area (Å²) in [5.74, 6) is -0.519. The van der Waals surface area contributed by atoms with E-state index in [1.54, 1.807) is 12.1 Å². The first-order valence-electron chi connectivity index (χ1n) is 5.33. The molecular weight excluding hydrogens is 204 g/mol. The van der Waals surface area contributed by atoms with Crippen LogP contribution < -0.4 is 0 Å². The van der Waals surface area contributed by atoms with Crippen molar-refractivity contribution in [1.82, 2.24) is 0 Å². The quantitative estimate of drug-likeness (QED) is 0.776. The minimum Gasteiger partial charge on any atom is -0.481 e. The summed E-state index contributed by atoms with van der Waals surface area (Å²) < 4.78 is 0. The molecule has 0 aliphatic carbocycles. The number of aliphatic carboxylic acids is 1. The Morgan fingerprint density at radius 3 is 2.25 bits per heavy atom. The summed E-state index contributed by atoms with van der Waals surface area (Å²) in [6.07, 6.45) is 0.796. The molecule has 0 radical (unpaired) electrons. The van der Waals surface area contributed by atoms with Gasteiger partial charge < -0.3 is 5.11 Å². The van der Waals surface area contributed by atoms with E-state index in [9.17, 15) is 9.59 Å². The molecule has 0 aliphatic rings. The highest BCUT2D eigenvalue weighted by molar-refractivity contribution is 5.94. The third kappa shape index (κ3) is 3.50. The molecule has 0 heterocycles. The van der Waals surface area contributed by atoms with Crippen molar-refractivity contribution in [3.63, 3.8) is 0 Å². The molecule has 0 saturated heterocycles. The molecule has 0 aliphatic heterocycles. The van der Waals surface area contributed by atoms with Crippen LogP contribution in [0.2, 0.25) is 0 Å². The van der Waals surface area contributed by atoms with Gasteiger partial charge in [0.15, 0.2) is 5.78 Å². The Hall–Kier alpha value is -1.64. The van der Waals surface area contributed by atoms with Crippen molar-refractivity contribution in [1.29, 1.82) is 0 Å². The van der Waals surface area contributed by atoms with Crippen molar-refractivity contribution < 1.29 is 14.7 Å². The summed E-state index contributed by atoms with van der Waals surface area (Å²) in [6, 6.07) is 7.36. The zero-order chi connectivity index (χ0) is 12.1. The molecule has 0 bridgehead atoms. The molecule has 0 spiro atoms. The lowest BCUT2D eigenvalue weighted by atomic mass is 9.95. The van der Waals surface area contributed by atoms with Gasteiger partial charge in [0.05, 0.1) is 0 Å². The van der Waals surface area contributed by atoms with Gasteiger partial charge in [-0.25, -0.2) is 0 Å². The molecule has 0 amide bonds. The van der Waals surface area contributed by atoms with Crippen LogP contribution in [0.15, 0.2) is 24.3 Å². The number of hydrogen-bond acceptors (Lipinski definition) is 2. The highest BCUT2D eigenvalue weighted by Gasteiger charge is 2.08. The smallest absolute Gasteiger partial charge is 0.303 e. The zero-order valence-corrected chi connectivity index (χ0v) is 9.56. The number of carbonyl (C=O) groups is 2. The van der Waals surface area contributed by atoms with Crippen LogP contribution >= 0.6 is 0 Å². The fourth-order valence-electron chi connectivity index (χ4n) is 1.55. The molecule has 3 nitrogen and oxygen atoms in total. The van der Waals surface area contributed by atoms with Gasteiger partial charge in [-0.3, -0.25) is 9.59 Å². The van der Waals surface area contributed by atoms with Gasteiger partial charge in [-0.1, -0.05) is 31.2 Å². The first kappa shape index (κ1) is 12.4. The molecule has 0 saturated carbocycles. The van der Waals surface area contributed by atoms with Gasteiger partial charge in [-0.2, -0.15) is 0 Å². The summed E-state index contributed by atoms with van der Waals surface area (Å²) in [5, 5.41) is 8.58. The summed E-state index contributed by atoms with van der Waals surface area (Å²) in [5.41, 5.74) is 1.76. The monoisotopic (exact) mass is 220 g/mol. The van der Waals surface area contributed by atoms with Crippen LogP contribution in [0.1, 0.15) is 48.5 Å². The first-order chi connectivity index (χ1) is 7.50. The first-order valence-corrected chi connectivity index (χ1v) is 5.33. The van der Waals surface area contributed by atoms with Crippen molar-refractivity contribution in [2.75, 3.05) is 0 Å². The topological polar surface area (TPSA) is 54.4 Å². The maximum absolute atomic E-state index is 11.1. The van der Waals surface area contributed by atoms with E-state index >= 15 is 0 Å². The minimum absolute atomic E-state index is 0.0461. The Morgan fingerprint density at radius 2 is 1.81 bits per heavy atom. The highest BCUT2D eigenvalue weighted by atomic mass is 16.4. The van der Waals surface area contributed by atoms with Crippen molar-refractivity contribution in [3.05, 3.63) is 35.4 Å². The number of Topliss-reactive ketones (excluding diaryl/α,β-unsaturated/α-hetero) is 1. The standard InChI is InChI=1S/C13H16O3/c1-9(3-8-13(15)16)11-4-6-12(7-5-11)10(2)14/h4-7,9H,3,8H2,1-2H3,(H,15,16)/t9-/m1/s1. The van der Waals surface area contributed by atoms with Gasteiger partial charge in [0.25, 0.3) is 0 Å². The molecule has 86 valence electrons. The van der Waals surface area contributed by atoms with Crippen LogP contribution in [0.3, 0.4) is 0 Å². The predicted molar refractivity (Wildman–Crippen MR) is 61.7 cm³/mol. The maximum atomic E-state index is 11.1. The van der Waals surface area contributed by atoms with E-state index in [1.807, 2.05) is 19.1 Å². The van der Waals surface area contributed by atoms with Crippen molar-refractivity contribution in [2.45, 2.75) is 32.6 Å². The van der Waals surface area contributed by atoms with Crippen LogP contribution in [0.5, 0.6) is 0 Å². The van der Waals surface area contributed by atoms with Crippen molar-refractivity contribution in [3.8, 4) is 0 Å². The van der Waals surface area contributed by atoms with Gasteiger partial charge in [-0.05, 0) is 24.8 Å². The van der Waals surface area contributed by atoms with Crippen LogP contribution in [-0.2, 0) is 4.79 Å². The number of carboxylic acids is 1. The van der Waals surface area contributed by atoms with Crippen LogP contribution in [0.25, 0.3) is 0 Å². The fourth-order valence-corrected chi connectivity index (χ4v) is 1.55. The fraction of sp³-hybridized carbons (Fsp3) is 0.385. The zero-order valence-electron chi connectivity index (χ0n) is 9.56. The lowest BCUT2D eigenvalue weighted by Crippen LogP contribution is -2.00. The molecule has 1 rings (SSSR count). The summed E-state index contributed by atoms with van der Waals surface area (Å²) in [6.45, 7) is 3.52. The Bertz CT molecular complexity index is 379. The third-order valence-electron chi connectivity index (χ3n) is 2.68. The Kier molecular flexibility index (Phi) is 4.23. The van der Waals surface area contributed by atoms with Crippen LogP contribution in [0, 0.1) is 0 Å². The number of rotatable bonds is 5. The molecule has 1 N–H and O–H groups in total. The summed E-state index contributed by atoms with van der Waals surface area (Å²) in [4.78, 5) is 21.5. The van der Waals surface area contributed by atoms with Crippen LogP contribution in [-0.4, -0.2) is 16.9 Å². The van der Waals surface area contributed by atoms with Crippen molar-refractivity contribution in [2.24, 2.45) is 0 Å². The molecule has 1 atom stereocenters. The van der Waals surface area contributed by atoms with E-state index in [0.717, 1.165) is 5.56 Å². The molecule has 0 fully saturated rings. The van der Waals surface area contributed by atoms with E-state index in [2.05, 4.69) is 0 Å². The summed E-state index contributed by atoms with van der Waals surface area (Å²) >= 11 is 0. The summed E-state index contributed by atoms with van der Waals surface area (Å²) in [7, 11) is 0. The molecule has 0 aromatic heterocycles. The Balaban J connectivity index is 2.66. The minimum atomic E-state index is -0.771. The number of carboxylic acid groups (broad SMARTS) is 1. The highest BCUT2D eigenvalue weighted by Crippen LogP contribution is 2.21. The van der Waals surface area contributed by atoms with E-state index in [4.69, 9.17) is 5.11 Å². The Labute approximate surface area is 95.1 Å². The average molecular weight is 220 g/mol. The van der Waals surface area contributed by atoms with E-state index in [0.29, 0.717) is 12.0 Å². The number of ketones is 1. The second kappa shape index (κ2) is 5.45. The molecule has 3 heteroatoms. The second-order valence-corrected chi connectivity index (χ2v) is 4.01. The largest absolute Gasteiger partial charge is 0.481 e. The van der Waals surface area contributed by atoms with Gasteiger partial charge in [0.2, 0.25) is 0 Å². The van der Waals surface area contributed by atoms with Crippen molar-refractivity contribution >= 4 is 11.8 Å². The lowest BCUT2D eigenvalue weighted by Gasteiger charge is -2.10. The third-order valence-corrected chi connectivity index (χ3v) is 2.68. The normalized spacial score (nSPS) is 12.1. The molecule has 16 heavy (non-hydrogen) atoms. The second-order valence-electron chi connectivity index (χ2n) is 4.01. The average Bonchev–Trinajstić information content (AvgIpc) is 2.26. The van der Waals surface area contributed by atoms with E-state index < -0.39 is 5.97 Å². The SMILES string of the molecule is CC(=O)c1ccc([C@H](C)CCC(=O)O)cc1. The van der Waals surface area contributed by atoms with Gasteiger partial charge in [0, 0.05) is 12.0 Å². The maximum Gasteiger partial charge on any atom is 0.303 e. The lowest BCUT2D eigenvalue weighted by molar-refractivity contribution is -0.137. The molecule has 0 unspecified atom stereocenters. The predicted octanol–water partition coefficient (Wildman–Crippen LogP) is 2.86. The molecule has 1 aromatic carbocycles. The van der Waals surface area contributed by atoms with Gasteiger partial charge >= 0.3 is 5.97 Å². The van der Waals surface area contributed by atoms with E-state index in [1.165, 1.54) is 6.92 Å². The Morgan fingerprint density at radius 1 is 1.25 bits per heavy atom. The van der Waals surface area contributed by atoms with E-state index in [-0.39, 0.29) is 18.1 Å². The molecule has 1 aromatic rings. The van der Waals surface area contributed by atoms with Crippen LogP contribution in [0.4, 0.5) is 0 Å². The number of carbonyl (C=O) groups excluding carboxylic acids is 1. The van der Waals surface area contributed by atoms with Gasteiger partial charge in [0.1, 0.15) is 0 Å². The molecular formula is C13H16O3. The van der Waals surface area contributed by atoms with Gasteiger partial charge in [-0.15, -0.1) is 0 Å².